The molecule has 1 unspecified atom stereocenters. The molecule has 0 aromatic heterocycles. The van der Waals surface area contributed by atoms with Gasteiger partial charge in [-0.1, -0.05) is 32.1 Å². The van der Waals surface area contributed by atoms with Gasteiger partial charge in [-0.2, -0.15) is 0 Å². The fourth-order valence-corrected chi connectivity index (χ4v) is 6.74. The zero-order valence-corrected chi connectivity index (χ0v) is 12.9. The first-order chi connectivity index (χ1) is 9.83. The highest BCUT2D eigenvalue weighted by Gasteiger charge is 2.50. The van der Waals surface area contributed by atoms with Crippen molar-refractivity contribution in [2.75, 3.05) is 0 Å². The third-order valence-electron chi connectivity index (χ3n) is 7.29. The first kappa shape index (κ1) is 13.6. The molecule has 5 fully saturated rings. The van der Waals surface area contributed by atoms with E-state index < -0.39 is 0 Å². The van der Waals surface area contributed by atoms with Gasteiger partial charge >= 0.3 is 0 Å². The Morgan fingerprint density at radius 3 is 2.00 bits per heavy atom. The van der Waals surface area contributed by atoms with Gasteiger partial charge in [-0.3, -0.25) is 11.3 Å². The minimum Gasteiger partial charge on any atom is -0.271 e. The first-order valence-corrected chi connectivity index (χ1v) is 9.29. The van der Waals surface area contributed by atoms with E-state index in [1.165, 1.54) is 64.2 Å². The second-order valence-electron chi connectivity index (χ2n) is 8.52. The molecule has 3 N–H and O–H groups in total. The van der Waals surface area contributed by atoms with Crippen LogP contribution in [0.3, 0.4) is 0 Å². The second-order valence-corrected chi connectivity index (χ2v) is 8.52. The van der Waals surface area contributed by atoms with Crippen LogP contribution in [0.5, 0.6) is 0 Å². The first-order valence-electron chi connectivity index (χ1n) is 9.29. The molecule has 0 radical (unpaired) electrons. The van der Waals surface area contributed by atoms with Gasteiger partial charge in [0.15, 0.2) is 0 Å². The number of nitrogens with one attached hydrogen (secondary N) is 1. The summed E-state index contributed by atoms with van der Waals surface area (Å²) in [6, 6.07) is 0.619. The molecule has 0 spiro atoms. The Morgan fingerprint density at radius 1 is 0.850 bits per heavy atom. The van der Waals surface area contributed by atoms with Crippen LogP contribution in [0.25, 0.3) is 0 Å². The molecule has 2 heteroatoms. The number of hydrogen-bond donors (Lipinski definition) is 2. The summed E-state index contributed by atoms with van der Waals surface area (Å²) in [7, 11) is 0. The van der Waals surface area contributed by atoms with Crippen LogP contribution in [0, 0.1) is 35.5 Å². The lowest BCUT2D eigenvalue weighted by atomic mass is 9.50. The zero-order valence-electron chi connectivity index (χ0n) is 12.9. The van der Waals surface area contributed by atoms with Gasteiger partial charge in [0, 0.05) is 6.04 Å². The molecule has 5 aliphatic rings. The summed E-state index contributed by atoms with van der Waals surface area (Å²) in [4.78, 5) is 0. The van der Waals surface area contributed by atoms with Crippen molar-refractivity contribution < 1.29 is 0 Å². The van der Waals surface area contributed by atoms with E-state index in [2.05, 4.69) is 5.43 Å². The highest BCUT2D eigenvalue weighted by atomic mass is 15.2. The van der Waals surface area contributed by atoms with Crippen LogP contribution in [-0.2, 0) is 0 Å². The van der Waals surface area contributed by atoms with Crippen molar-refractivity contribution in [2.24, 2.45) is 41.4 Å². The Hall–Kier alpha value is -0.0800. The third kappa shape index (κ3) is 2.43. The predicted octanol–water partition coefficient (Wildman–Crippen LogP) is 3.86. The van der Waals surface area contributed by atoms with Crippen molar-refractivity contribution in [3.8, 4) is 0 Å². The van der Waals surface area contributed by atoms with Crippen LogP contribution in [0.4, 0.5) is 0 Å². The quantitative estimate of drug-likeness (QED) is 0.604. The van der Waals surface area contributed by atoms with Gasteiger partial charge in [-0.05, 0) is 74.0 Å². The normalized spacial score (nSPS) is 45.8. The van der Waals surface area contributed by atoms with Crippen molar-refractivity contribution in [3.63, 3.8) is 0 Å². The molecule has 114 valence electrons. The smallest absolute Gasteiger partial charge is 0.0246 e. The molecule has 4 bridgehead atoms. The lowest BCUT2D eigenvalue weighted by Gasteiger charge is -2.56. The van der Waals surface area contributed by atoms with E-state index in [4.69, 9.17) is 5.84 Å². The predicted molar refractivity (Wildman–Crippen MR) is 82.8 cm³/mol. The van der Waals surface area contributed by atoms with E-state index in [9.17, 15) is 0 Å². The van der Waals surface area contributed by atoms with Gasteiger partial charge < -0.3 is 0 Å². The molecule has 5 aliphatic carbocycles. The summed E-state index contributed by atoms with van der Waals surface area (Å²) in [5.41, 5.74) is 3.28. The maximum absolute atomic E-state index is 6.02. The number of hydrazine groups is 1. The SMILES string of the molecule is NNC(CC1CCCCC1)C1C2CC3CC(C2)CC1C3. The Morgan fingerprint density at radius 2 is 1.45 bits per heavy atom. The highest BCUT2D eigenvalue weighted by Crippen LogP contribution is 2.57. The van der Waals surface area contributed by atoms with Gasteiger partial charge in [0.05, 0.1) is 0 Å². The van der Waals surface area contributed by atoms with Crippen LogP contribution in [-0.4, -0.2) is 6.04 Å². The van der Waals surface area contributed by atoms with Crippen LogP contribution >= 0.6 is 0 Å². The molecule has 0 saturated heterocycles. The minimum atomic E-state index is 0.619. The maximum Gasteiger partial charge on any atom is 0.0246 e. The molecular formula is C18H32N2. The zero-order chi connectivity index (χ0) is 13.5. The summed E-state index contributed by atoms with van der Waals surface area (Å²) in [6.45, 7) is 0. The van der Waals surface area contributed by atoms with Gasteiger partial charge in [0.1, 0.15) is 0 Å². The summed E-state index contributed by atoms with van der Waals surface area (Å²) in [5.74, 6) is 12.1. The molecule has 0 aromatic carbocycles. The van der Waals surface area contributed by atoms with Crippen LogP contribution in [0.1, 0.15) is 70.6 Å². The molecule has 0 aliphatic heterocycles. The van der Waals surface area contributed by atoms with Gasteiger partial charge in [0.25, 0.3) is 0 Å². The van der Waals surface area contributed by atoms with Crippen molar-refractivity contribution >= 4 is 0 Å². The average Bonchev–Trinajstić information content (AvgIpc) is 2.46. The van der Waals surface area contributed by atoms with E-state index in [0.717, 1.165) is 35.5 Å². The van der Waals surface area contributed by atoms with Crippen molar-refractivity contribution in [3.05, 3.63) is 0 Å². The lowest BCUT2D eigenvalue weighted by Crippen LogP contribution is -2.55. The molecule has 5 saturated carbocycles. The van der Waals surface area contributed by atoms with Gasteiger partial charge in [0.2, 0.25) is 0 Å². The summed E-state index contributed by atoms with van der Waals surface area (Å²) in [6.07, 6.45) is 16.4. The maximum atomic E-state index is 6.02. The number of nitrogens with two attached hydrogens (primary N) is 1. The molecular weight excluding hydrogens is 244 g/mol. The molecule has 0 heterocycles. The van der Waals surface area contributed by atoms with Gasteiger partial charge in [-0.25, -0.2) is 0 Å². The minimum absolute atomic E-state index is 0.619. The molecule has 0 aromatic rings. The largest absolute Gasteiger partial charge is 0.271 e. The van der Waals surface area contributed by atoms with Crippen molar-refractivity contribution in [1.82, 2.24) is 5.43 Å². The fraction of sp³-hybridized carbons (Fsp3) is 1.00. The highest BCUT2D eigenvalue weighted by molar-refractivity contribution is 5.01. The monoisotopic (exact) mass is 276 g/mol. The van der Waals surface area contributed by atoms with Crippen LogP contribution in [0.2, 0.25) is 0 Å². The number of rotatable bonds is 4. The average molecular weight is 276 g/mol. The lowest BCUT2D eigenvalue weighted by molar-refractivity contribution is -0.0555. The second kappa shape index (κ2) is 5.61. The molecule has 20 heavy (non-hydrogen) atoms. The molecule has 2 nitrogen and oxygen atoms in total. The molecule has 5 rings (SSSR count). The molecule has 1 atom stereocenters. The number of hydrogen-bond acceptors (Lipinski definition) is 2. The molecule has 0 amide bonds. The van der Waals surface area contributed by atoms with E-state index >= 15 is 0 Å². The van der Waals surface area contributed by atoms with E-state index in [1.54, 1.807) is 6.42 Å². The fourth-order valence-electron chi connectivity index (χ4n) is 6.74. The Kier molecular flexibility index (Phi) is 3.80. The van der Waals surface area contributed by atoms with Gasteiger partial charge in [-0.15, -0.1) is 0 Å². The van der Waals surface area contributed by atoms with Crippen LogP contribution in [0.15, 0.2) is 0 Å². The van der Waals surface area contributed by atoms with E-state index in [1.807, 2.05) is 0 Å². The summed E-state index contributed by atoms with van der Waals surface area (Å²) < 4.78 is 0. The van der Waals surface area contributed by atoms with Crippen LogP contribution < -0.4 is 11.3 Å². The summed E-state index contributed by atoms with van der Waals surface area (Å²) >= 11 is 0. The Labute approximate surface area is 124 Å². The van der Waals surface area contributed by atoms with Crippen molar-refractivity contribution in [1.29, 1.82) is 0 Å². The van der Waals surface area contributed by atoms with E-state index in [-0.39, 0.29) is 0 Å². The van der Waals surface area contributed by atoms with Crippen molar-refractivity contribution in [2.45, 2.75) is 76.7 Å². The van der Waals surface area contributed by atoms with E-state index in [0.29, 0.717) is 6.04 Å². The topological polar surface area (TPSA) is 38.0 Å². The summed E-state index contributed by atoms with van der Waals surface area (Å²) in [5, 5.41) is 0. The Balaban J connectivity index is 1.44. The third-order valence-corrected chi connectivity index (χ3v) is 7.29. The Bertz CT molecular complexity index is 306. The standard InChI is InChI=1S/C18H32N2/c19-20-17(11-12-4-2-1-3-5-12)18-15-7-13-6-14(9-15)10-16(18)8-13/h12-18,20H,1-11,19H2.